The maximum Gasteiger partial charge on any atom is 0.0933 e. The molecule has 2 N–H and O–H groups in total. The van der Waals surface area contributed by atoms with Gasteiger partial charge in [0.05, 0.1) is 19.3 Å². The van der Waals surface area contributed by atoms with E-state index in [1.165, 1.54) is 32.1 Å². The molecule has 1 heterocycles. The van der Waals surface area contributed by atoms with Crippen molar-refractivity contribution in [2.75, 3.05) is 39.4 Å². The van der Waals surface area contributed by atoms with Crippen molar-refractivity contribution >= 4 is 0 Å². The second-order valence-electron chi connectivity index (χ2n) is 6.80. The van der Waals surface area contributed by atoms with Gasteiger partial charge < -0.3 is 15.2 Å². The Kier molecular flexibility index (Phi) is 6.27. The van der Waals surface area contributed by atoms with E-state index >= 15 is 0 Å². The van der Waals surface area contributed by atoms with Crippen LogP contribution in [-0.4, -0.2) is 61.5 Å². The molecule has 0 spiro atoms. The summed E-state index contributed by atoms with van der Waals surface area (Å²) in [7, 11) is 0. The van der Waals surface area contributed by atoms with E-state index in [4.69, 9.17) is 4.74 Å². The number of nitrogens with zero attached hydrogens (tertiary/aromatic N) is 1. The van der Waals surface area contributed by atoms with E-state index in [9.17, 15) is 5.11 Å². The van der Waals surface area contributed by atoms with Crippen molar-refractivity contribution in [2.45, 2.75) is 58.1 Å². The molecule has 0 aromatic rings. The highest BCUT2D eigenvalue weighted by Crippen LogP contribution is 2.39. The molecule has 1 saturated heterocycles. The first kappa shape index (κ1) is 16.2. The zero-order chi connectivity index (χ0) is 14.4. The summed E-state index contributed by atoms with van der Waals surface area (Å²) in [6.45, 7) is 9.68. The van der Waals surface area contributed by atoms with Gasteiger partial charge in [-0.05, 0) is 38.1 Å². The summed E-state index contributed by atoms with van der Waals surface area (Å²) in [6, 6.07) is 0.474. The third kappa shape index (κ3) is 4.17. The number of aliphatic hydroxyl groups excluding tert-OH is 1. The van der Waals surface area contributed by atoms with Gasteiger partial charge in [-0.3, -0.25) is 4.90 Å². The van der Waals surface area contributed by atoms with Gasteiger partial charge in [0.2, 0.25) is 0 Å². The molecule has 1 aliphatic carbocycles. The Balaban J connectivity index is 1.92. The Hall–Kier alpha value is -0.160. The van der Waals surface area contributed by atoms with Gasteiger partial charge in [0, 0.05) is 25.7 Å². The largest absolute Gasteiger partial charge is 0.394 e. The quantitative estimate of drug-likeness (QED) is 0.698. The first-order chi connectivity index (χ1) is 9.69. The summed E-state index contributed by atoms with van der Waals surface area (Å²) in [4.78, 5) is 2.54. The van der Waals surface area contributed by atoms with Gasteiger partial charge in [-0.15, -0.1) is 0 Å². The van der Waals surface area contributed by atoms with Crippen LogP contribution in [0.5, 0.6) is 0 Å². The van der Waals surface area contributed by atoms with Crippen LogP contribution in [0.4, 0.5) is 0 Å². The van der Waals surface area contributed by atoms with Gasteiger partial charge in [0.15, 0.2) is 0 Å². The van der Waals surface area contributed by atoms with E-state index in [1.807, 2.05) is 0 Å². The molecule has 20 heavy (non-hydrogen) atoms. The predicted molar refractivity (Wildman–Crippen MR) is 81.9 cm³/mol. The van der Waals surface area contributed by atoms with Gasteiger partial charge in [-0.25, -0.2) is 0 Å². The molecule has 2 unspecified atom stereocenters. The molecule has 0 bridgehead atoms. The van der Waals surface area contributed by atoms with E-state index in [2.05, 4.69) is 24.1 Å². The molecule has 2 fully saturated rings. The lowest BCUT2D eigenvalue weighted by Crippen LogP contribution is -2.54. The number of ether oxygens (including phenoxy) is 1. The molecule has 4 heteroatoms. The fourth-order valence-corrected chi connectivity index (χ4v) is 3.68. The average Bonchev–Trinajstić information content (AvgIpc) is 2.90. The molecule has 2 atom stereocenters. The van der Waals surface area contributed by atoms with Crippen molar-refractivity contribution in [1.82, 2.24) is 10.2 Å². The smallest absolute Gasteiger partial charge is 0.0933 e. The second kappa shape index (κ2) is 7.74. The summed E-state index contributed by atoms with van der Waals surface area (Å²) in [5.74, 6) is 0. The highest BCUT2D eigenvalue weighted by atomic mass is 16.5. The van der Waals surface area contributed by atoms with Crippen molar-refractivity contribution in [1.29, 1.82) is 0 Å². The fourth-order valence-electron chi connectivity index (χ4n) is 3.68. The SMILES string of the molecule is CCCNCC1(CN2CC(CO)OCC2C)CCCC1. The molecular weight excluding hydrogens is 252 g/mol. The first-order valence-corrected chi connectivity index (χ1v) is 8.36. The molecular formula is C16H32N2O2. The van der Waals surface area contributed by atoms with Crippen LogP contribution in [0.1, 0.15) is 46.0 Å². The standard InChI is InChI=1S/C16H32N2O2/c1-3-8-17-12-16(6-4-5-7-16)13-18-9-15(10-19)20-11-14(18)2/h14-15,17,19H,3-13H2,1-2H3. The Labute approximate surface area is 123 Å². The van der Waals surface area contributed by atoms with Crippen molar-refractivity contribution in [3.05, 3.63) is 0 Å². The van der Waals surface area contributed by atoms with Gasteiger partial charge in [-0.1, -0.05) is 19.8 Å². The van der Waals surface area contributed by atoms with E-state index in [0.29, 0.717) is 11.5 Å². The summed E-state index contributed by atoms with van der Waals surface area (Å²) in [5, 5.41) is 13.0. The third-order valence-corrected chi connectivity index (χ3v) is 4.97. The molecule has 118 valence electrons. The van der Waals surface area contributed by atoms with Gasteiger partial charge in [0.25, 0.3) is 0 Å². The molecule has 1 saturated carbocycles. The normalized spacial score (nSPS) is 30.8. The first-order valence-electron chi connectivity index (χ1n) is 8.36. The van der Waals surface area contributed by atoms with Gasteiger partial charge in [0.1, 0.15) is 0 Å². The maximum absolute atomic E-state index is 9.33. The molecule has 0 aromatic carbocycles. The summed E-state index contributed by atoms with van der Waals surface area (Å²) >= 11 is 0. The Morgan fingerprint density at radius 2 is 2.10 bits per heavy atom. The Bertz CT molecular complexity index is 280. The number of hydrogen-bond donors (Lipinski definition) is 2. The summed E-state index contributed by atoms with van der Waals surface area (Å²) in [5.41, 5.74) is 0.445. The lowest BCUT2D eigenvalue weighted by Gasteiger charge is -2.43. The maximum atomic E-state index is 9.33. The van der Waals surface area contributed by atoms with Crippen LogP contribution in [0.2, 0.25) is 0 Å². The van der Waals surface area contributed by atoms with E-state index in [0.717, 1.165) is 32.8 Å². The molecule has 4 nitrogen and oxygen atoms in total. The van der Waals surface area contributed by atoms with Gasteiger partial charge in [-0.2, -0.15) is 0 Å². The van der Waals surface area contributed by atoms with Crippen LogP contribution >= 0.6 is 0 Å². The molecule has 2 rings (SSSR count). The second-order valence-corrected chi connectivity index (χ2v) is 6.80. The molecule has 0 radical (unpaired) electrons. The van der Waals surface area contributed by atoms with Crippen molar-refractivity contribution in [3.8, 4) is 0 Å². The fraction of sp³-hybridized carbons (Fsp3) is 1.00. The third-order valence-electron chi connectivity index (χ3n) is 4.97. The van der Waals surface area contributed by atoms with Crippen molar-refractivity contribution < 1.29 is 9.84 Å². The van der Waals surface area contributed by atoms with Crippen molar-refractivity contribution in [3.63, 3.8) is 0 Å². The van der Waals surface area contributed by atoms with E-state index in [1.54, 1.807) is 0 Å². The molecule has 0 aromatic heterocycles. The Morgan fingerprint density at radius 1 is 1.35 bits per heavy atom. The van der Waals surface area contributed by atoms with Crippen LogP contribution in [0.3, 0.4) is 0 Å². The molecule has 2 aliphatic rings. The van der Waals surface area contributed by atoms with E-state index < -0.39 is 0 Å². The highest BCUT2D eigenvalue weighted by Gasteiger charge is 2.38. The topological polar surface area (TPSA) is 44.7 Å². The summed E-state index contributed by atoms with van der Waals surface area (Å²) < 4.78 is 5.66. The number of rotatable bonds is 7. The summed E-state index contributed by atoms with van der Waals surface area (Å²) in [6.07, 6.45) is 6.64. The van der Waals surface area contributed by atoms with Crippen LogP contribution < -0.4 is 5.32 Å². The highest BCUT2D eigenvalue weighted by molar-refractivity contribution is 4.92. The minimum absolute atomic E-state index is 0.00764. The lowest BCUT2D eigenvalue weighted by molar-refractivity contribution is -0.0877. The van der Waals surface area contributed by atoms with Crippen molar-refractivity contribution in [2.24, 2.45) is 5.41 Å². The zero-order valence-electron chi connectivity index (χ0n) is 13.2. The number of nitrogens with one attached hydrogen (secondary N) is 1. The van der Waals surface area contributed by atoms with Crippen LogP contribution in [0.15, 0.2) is 0 Å². The molecule has 0 amide bonds. The van der Waals surface area contributed by atoms with Crippen LogP contribution in [0.25, 0.3) is 0 Å². The number of morpholine rings is 1. The van der Waals surface area contributed by atoms with Crippen LogP contribution in [0, 0.1) is 5.41 Å². The Morgan fingerprint density at radius 3 is 2.75 bits per heavy atom. The van der Waals surface area contributed by atoms with Crippen LogP contribution in [-0.2, 0) is 4.74 Å². The minimum Gasteiger partial charge on any atom is -0.394 e. The monoisotopic (exact) mass is 284 g/mol. The lowest BCUT2D eigenvalue weighted by atomic mass is 9.84. The average molecular weight is 284 g/mol. The molecule has 1 aliphatic heterocycles. The number of hydrogen-bond acceptors (Lipinski definition) is 4. The zero-order valence-corrected chi connectivity index (χ0v) is 13.2. The minimum atomic E-state index is 0.00764. The predicted octanol–water partition coefficient (Wildman–Crippen LogP) is 1.63. The van der Waals surface area contributed by atoms with E-state index in [-0.39, 0.29) is 12.7 Å². The number of aliphatic hydroxyl groups is 1. The van der Waals surface area contributed by atoms with Gasteiger partial charge >= 0.3 is 0 Å².